The van der Waals surface area contributed by atoms with E-state index in [0.717, 1.165) is 48.5 Å². The van der Waals surface area contributed by atoms with Crippen molar-refractivity contribution in [2.45, 2.75) is 24.8 Å². The van der Waals surface area contributed by atoms with Crippen LogP contribution >= 0.6 is 23.2 Å². The molecule has 2 heterocycles. The second-order valence-electron chi connectivity index (χ2n) is 9.24. The number of fused-ring (bicyclic) bond motifs is 2. The minimum absolute atomic E-state index is 0.151. The van der Waals surface area contributed by atoms with Crippen molar-refractivity contribution in [3.63, 3.8) is 0 Å². The maximum Gasteiger partial charge on any atom is 0.258 e. The fourth-order valence-corrected chi connectivity index (χ4v) is 5.78. The Balaban J connectivity index is 1.41. The quantitative estimate of drug-likeness (QED) is 0.398. The summed E-state index contributed by atoms with van der Waals surface area (Å²) in [7, 11) is 1.63. The summed E-state index contributed by atoms with van der Waals surface area (Å²) >= 11 is 12.3. The maximum atomic E-state index is 13.7. The Labute approximate surface area is 213 Å². The summed E-state index contributed by atoms with van der Waals surface area (Å²) in [6, 6.07) is 14.7. The van der Waals surface area contributed by atoms with Crippen LogP contribution in [0.1, 0.15) is 34.3 Å². The highest BCUT2D eigenvalue weighted by molar-refractivity contribution is 6.35. The van der Waals surface area contributed by atoms with Crippen molar-refractivity contribution in [1.29, 1.82) is 0 Å². The van der Waals surface area contributed by atoms with Gasteiger partial charge in [-0.25, -0.2) is 8.78 Å². The average molecular weight is 517 g/mol. The number of piperidine rings is 1. The van der Waals surface area contributed by atoms with Gasteiger partial charge < -0.3 is 9.64 Å². The van der Waals surface area contributed by atoms with Gasteiger partial charge in [0.2, 0.25) is 0 Å². The van der Waals surface area contributed by atoms with Crippen LogP contribution in [-0.4, -0.2) is 37.6 Å². The first kappa shape index (κ1) is 24.0. The van der Waals surface area contributed by atoms with Crippen molar-refractivity contribution in [3.8, 4) is 5.75 Å². The van der Waals surface area contributed by atoms with Gasteiger partial charge in [-0.05, 0) is 85.6 Å². The second kappa shape index (κ2) is 9.41. The summed E-state index contributed by atoms with van der Waals surface area (Å²) in [5.41, 5.74) is 2.90. The number of likely N-dealkylation sites (tertiary alicyclic amines) is 1. The first-order valence-electron chi connectivity index (χ1n) is 11.4. The summed E-state index contributed by atoms with van der Waals surface area (Å²) in [4.78, 5) is 17.6. The van der Waals surface area contributed by atoms with E-state index >= 15 is 0 Å². The maximum absolute atomic E-state index is 13.7. The van der Waals surface area contributed by atoms with Crippen molar-refractivity contribution in [3.05, 3.63) is 93.0 Å². The Morgan fingerprint density at radius 2 is 1.69 bits per heavy atom. The molecule has 0 radical (unpaired) electrons. The lowest BCUT2D eigenvalue weighted by Gasteiger charge is -2.40. The first-order valence-corrected chi connectivity index (χ1v) is 12.2. The molecule has 1 spiro atoms. The summed E-state index contributed by atoms with van der Waals surface area (Å²) in [6.07, 6.45) is 1.63. The molecule has 0 aliphatic carbocycles. The van der Waals surface area contributed by atoms with Crippen LogP contribution in [-0.2, 0) is 12.0 Å². The lowest BCUT2D eigenvalue weighted by Crippen LogP contribution is -2.45. The Bertz CT molecular complexity index is 1270. The molecular formula is C27H24Cl2F2N2O2. The lowest BCUT2D eigenvalue weighted by atomic mass is 9.74. The van der Waals surface area contributed by atoms with Crippen LogP contribution in [0.5, 0.6) is 5.75 Å². The number of amides is 1. The molecule has 35 heavy (non-hydrogen) atoms. The molecule has 0 atom stereocenters. The largest absolute Gasteiger partial charge is 0.497 e. The number of carbonyl (C=O) groups is 1. The molecule has 0 N–H and O–H groups in total. The zero-order valence-corrected chi connectivity index (χ0v) is 20.7. The highest BCUT2D eigenvalue weighted by atomic mass is 35.5. The number of nitrogens with zero attached hydrogens (tertiary/aromatic N) is 2. The minimum atomic E-state index is -0.839. The van der Waals surface area contributed by atoms with E-state index < -0.39 is 11.6 Å². The van der Waals surface area contributed by atoms with Gasteiger partial charge in [-0.2, -0.15) is 0 Å². The Kier molecular flexibility index (Phi) is 6.47. The molecule has 5 rings (SSSR count). The van der Waals surface area contributed by atoms with Gasteiger partial charge >= 0.3 is 0 Å². The van der Waals surface area contributed by atoms with Crippen LogP contribution in [0.25, 0.3) is 0 Å². The van der Waals surface area contributed by atoms with Gasteiger partial charge in [0, 0.05) is 39.8 Å². The molecule has 8 heteroatoms. The SMILES string of the molecule is COc1ccc2c(c1)C1(CCN(Cc3ccc(F)c(F)c3)CC1)CN2C(=O)c1cc(Cl)cc(Cl)c1. The molecule has 2 aliphatic heterocycles. The van der Waals surface area contributed by atoms with Gasteiger partial charge in [-0.1, -0.05) is 29.3 Å². The number of hydrogen-bond acceptors (Lipinski definition) is 3. The lowest BCUT2D eigenvalue weighted by molar-refractivity contribution is 0.0975. The van der Waals surface area contributed by atoms with Crippen LogP contribution in [0.4, 0.5) is 14.5 Å². The number of ether oxygens (including phenoxy) is 1. The highest BCUT2D eigenvalue weighted by Crippen LogP contribution is 2.49. The van der Waals surface area contributed by atoms with E-state index in [4.69, 9.17) is 27.9 Å². The van der Waals surface area contributed by atoms with Crippen molar-refractivity contribution >= 4 is 34.8 Å². The van der Waals surface area contributed by atoms with Crippen LogP contribution in [0, 0.1) is 11.6 Å². The Morgan fingerprint density at radius 3 is 2.34 bits per heavy atom. The molecule has 0 bridgehead atoms. The van der Waals surface area contributed by atoms with Crippen LogP contribution in [0.15, 0.2) is 54.6 Å². The van der Waals surface area contributed by atoms with Crippen LogP contribution in [0.3, 0.4) is 0 Å². The molecule has 2 aliphatic rings. The molecule has 3 aromatic carbocycles. The van der Waals surface area contributed by atoms with Crippen LogP contribution in [0.2, 0.25) is 10.0 Å². The third-order valence-corrected chi connectivity index (χ3v) is 7.52. The monoisotopic (exact) mass is 516 g/mol. The van der Waals surface area contributed by atoms with Gasteiger partial charge in [-0.3, -0.25) is 9.69 Å². The molecular weight excluding hydrogens is 493 g/mol. The number of methoxy groups -OCH3 is 1. The topological polar surface area (TPSA) is 32.8 Å². The first-order chi connectivity index (χ1) is 16.8. The van der Waals surface area contributed by atoms with E-state index in [0.29, 0.717) is 28.7 Å². The summed E-state index contributed by atoms with van der Waals surface area (Å²) in [6.45, 7) is 2.61. The van der Waals surface area contributed by atoms with Gasteiger partial charge in [0.15, 0.2) is 11.6 Å². The summed E-state index contributed by atoms with van der Waals surface area (Å²) in [5, 5.41) is 0.825. The molecule has 1 fully saturated rings. The molecule has 0 aromatic heterocycles. The number of halogens is 4. The Hall–Kier alpha value is -2.67. The number of benzene rings is 3. The van der Waals surface area contributed by atoms with Crippen molar-refractivity contribution < 1.29 is 18.3 Å². The standard InChI is InChI=1S/C27H24Cl2F2N2O2/c1-35-21-3-5-25-22(14-21)27(16-33(25)26(34)18-11-19(28)13-20(29)12-18)6-8-32(9-7-27)15-17-2-4-23(30)24(31)10-17/h2-5,10-14H,6-9,15-16H2,1H3. The Morgan fingerprint density at radius 1 is 0.971 bits per heavy atom. The molecule has 0 saturated carbocycles. The van der Waals surface area contributed by atoms with Crippen molar-refractivity contribution in [2.24, 2.45) is 0 Å². The van der Waals surface area contributed by atoms with E-state index in [1.54, 1.807) is 31.4 Å². The molecule has 4 nitrogen and oxygen atoms in total. The average Bonchev–Trinajstić information content (AvgIpc) is 3.15. The zero-order valence-electron chi connectivity index (χ0n) is 19.2. The van der Waals surface area contributed by atoms with Crippen molar-refractivity contribution in [1.82, 2.24) is 4.90 Å². The number of carbonyl (C=O) groups excluding carboxylic acids is 1. The number of anilines is 1. The van der Waals surface area contributed by atoms with E-state index in [2.05, 4.69) is 4.90 Å². The third-order valence-electron chi connectivity index (χ3n) is 7.08. The fraction of sp³-hybridized carbons (Fsp3) is 0.296. The zero-order chi connectivity index (χ0) is 24.7. The molecule has 1 saturated heterocycles. The van der Waals surface area contributed by atoms with Gasteiger partial charge in [0.25, 0.3) is 5.91 Å². The highest BCUT2D eigenvalue weighted by Gasteiger charge is 2.46. The summed E-state index contributed by atoms with van der Waals surface area (Å²) < 4.78 is 32.5. The number of hydrogen-bond donors (Lipinski definition) is 0. The molecule has 3 aromatic rings. The summed E-state index contributed by atoms with van der Waals surface area (Å²) in [5.74, 6) is -1.08. The molecule has 0 unspecified atom stereocenters. The smallest absolute Gasteiger partial charge is 0.258 e. The predicted octanol–water partition coefficient (Wildman–Crippen LogP) is 6.47. The normalized spacial score (nSPS) is 17.0. The van der Waals surface area contributed by atoms with Crippen molar-refractivity contribution in [2.75, 3.05) is 31.6 Å². The predicted molar refractivity (Wildman–Crippen MR) is 134 cm³/mol. The fourth-order valence-electron chi connectivity index (χ4n) is 5.25. The molecule has 182 valence electrons. The minimum Gasteiger partial charge on any atom is -0.497 e. The van der Waals surface area contributed by atoms with E-state index in [1.807, 2.05) is 23.1 Å². The van der Waals surface area contributed by atoms with Gasteiger partial charge in [-0.15, -0.1) is 0 Å². The van der Waals surface area contributed by atoms with E-state index in [-0.39, 0.29) is 11.3 Å². The molecule has 1 amide bonds. The van der Waals surface area contributed by atoms with E-state index in [9.17, 15) is 13.6 Å². The van der Waals surface area contributed by atoms with Gasteiger partial charge in [0.05, 0.1) is 7.11 Å². The van der Waals surface area contributed by atoms with E-state index in [1.165, 1.54) is 12.1 Å². The van der Waals surface area contributed by atoms with Gasteiger partial charge in [0.1, 0.15) is 5.75 Å². The van der Waals surface area contributed by atoms with Crippen LogP contribution < -0.4 is 9.64 Å². The third kappa shape index (κ3) is 4.63. The number of rotatable bonds is 4. The second-order valence-corrected chi connectivity index (χ2v) is 10.1.